The molecule has 1 fully saturated rings. The van der Waals surface area contributed by atoms with Gasteiger partial charge in [0.15, 0.2) is 5.75 Å². The average molecular weight is 335 g/mol. The maximum absolute atomic E-state index is 12.3. The molecule has 0 aliphatic carbocycles. The topological polar surface area (TPSA) is 131 Å². The number of hydrogen-bond acceptors (Lipinski definition) is 6. The second-order valence-corrected chi connectivity index (χ2v) is 5.57. The predicted octanol–water partition coefficient (Wildman–Crippen LogP) is 1.74. The molecule has 9 nitrogen and oxygen atoms in total. The molecule has 1 aromatic rings. The molecule has 2 rings (SSSR count). The molecule has 24 heavy (non-hydrogen) atoms. The van der Waals surface area contributed by atoms with Crippen LogP contribution in [0.2, 0.25) is 0 Å². The third kappa shape index (κ3) is 3.45. The lowest BCUT2D eigenvalue weighted by molar-refractivity contribution is -0.385. The van der Waals surface area contributed by atoms with Crippen LogP contribution < -0.4 is 10.6 Å². The van der Waals surface area contributed by atoms with Gasteiger partial charge in [-0.25, -0.2) is 4.79 Å². The standard InChI is InChI=1S/C15H17N3O6/c1-7(2)24-14(20)12-8(3)16-15(21)17-13(12)9-4-5-11(19)10(6-9)18(22)23/h4-7,12-13,19H,3H2,1-2H3,(H2,16,17,21). The number of carbonyl (C=O) groups excluding carboxylic acids is 2. The maximum atomic E-state index is 12.3. The van der Waals surface area contributed by atoms with E-state index < -0.39 is 40.3 Å². The highest BCUT2D eigenvalue weighted by atomic mass is 16.6. The molecule has 0 spiro atoms. The van der Waals surface area contributed by atoms with Gasteiger partial charge in [0.05, 0.1) is 17.1 Å². The van der Waals surface area contributed by atoms with E-state index in [1.54, 1.807) is 13.8 Å². The molecule has 1 saturated heterocycles. The number of nitrogens with zero attached hydrogens (tertiary/aromatic N) is 1. The van der Waals surface area contributed by atoms with Crippen molar-refractivity contribution < 1.29 is 24.4 Å². The number of nitro groups is 1. The lowest BCUT2D eigenvalue weighted by Crippen LogP contribution is -2.51. The van der Waals surface area contributed by atoms with Crippen molar-refractivity contribution in [1.82, 2.24) is 10.6 Å². The zero-order valence-corrected chi connectivity index (χ0v) is 13.1. The first-order chi connectivity index (χ1) is 11.2. The maximum Gasteiger partial charge on any atom is 0.319 e. The zero-order valence-electron chi connectivity index (χ0n) is 13.1. The number of esters is 1. The first-order valence-corrected chi connectivity index (χ1v) is 7.14. The molecular formula is C15H17N3O6. The van der Waals surface area contributed by atoms with Crippen molar-refractivity contribution >= 4 is 17.7 Å². The summed E-state index contributed by atoms with van der Waals surface area (Å²) in [7, 11) is 0. The van der Waals surface area contributed by atoms with Gasteiger partial charge in [-0.05, 0) is 25.5 Å². The summed E-state index contributed by atoms with van der Waals surface area (Å²) >= 11 is 0. The van der Waals surface area contributed by atoms with Crippen LogP contribution in [0.3, 0.4) is 0 Å². The number of nitro benzene ring substituents is 1. The Bertz CT molecular complexity index is 715. The van der Waals surface area contributed by atoms with Crippen molar-refractivity contribution in [1.29, 1.82) is 0 Å². The molecule has 0 radical (unpaired) electrons. The number of ether oxygens (including phenoxy) is 1. The fourth-order valence-electron chi connectivity index (χ4n) is 2.43. The summed E-state index contributed by atoms with van der Waals surface area (Å²) in [5.74, 6) is -2.10. The van der Waals surface area contributed by atoms with Gasteiger partial charge >= 0.3 is 17.7 Å². The minimum Gasteiger partial charge on any atom is -0.502 e. The van der Waals surface area contributed by atoms with E-state index in [1.165, 1.54) is 6.07 Å². The van der Waals surface area contributed by atoms with Crippen molar-refractivity contribution in [2.45, 2.75) is 26.0 Å². The van der Waals surface area contributed by atoms with Gasteiger partial charge in [0.1, 0.15) is 5.92 Å². The number of phenolic OH excluding ortho intramolecular Hbond substituents is 1. The molecule has 2 atom stereocenters. The largest absolute Gasteiger partial charge is 0.502 e. The molecule has 3 N–H and O–H groups in total. The Morgan fingerprint density at radius 2 is 2.12 bits per heavy atom. The highest BCUT2D eigenvalue weighted by Crippen LogP contribution is 2.35. The Morgan fingerprint density at radius 1 is 1.46 bits per heavy atom. The van der Waals surface area contributed by atoms with Crippen LogP contribution in [0.15, 0.2) is 30.5 Å². The normalized spacial score (nSPS) is 20.3. The highest BCUT2D eigenvalue weighted by molar-refractivity contribution is 5.85. The SMILES string of the molecule is C=C1NC(=O)NC(c2ccc(O)c([N+](=O)[O-])c2)C1C(=O)OC(C)C. The minimum absolute atomic E-state index is 0.130. The summed E-state index contributed by atoms with van der Waals surface area (Å²) in [6.07, 6.45) is -0.377. The molecule has 0 bridgehead atoms. The molecule has 1 heterocycles. The van der Waals surface area contributed by atoms with E-state index >= 15 is 0 Å². The number of rotatable bonds is 4. The van der Waals surface area contributed by atoms with Gasteiger partial charge in [0.2, 0.25) is 0 Å². The molecule has 2 amide bonds. The number of carbonyl (C=O) groups is 2. The first-order valence-electron chi connectivity index (χ1n) is 7.14. The van der Waals surface area contributed by atoms with Crippen molar-refractivity contribution in [3.63, 3.8) is 0 Å². The number of benzene rings is 1. The van der Waals surface area contributed by atoms with Gasteiger partial charge in [-0.2, -0.15) is 0 Å². The average Bonchev–Trinajstić information content (AvgIpc) is 2.45. The van der Waals surface area contributed by atoms with E-state index in [9.17, 15) is 24.8 Å². The van der Waals surface area contributed by atoms with Crippen molar-refractivity contribution in [3.05, 3.63) is 46.2 Å². The van der Waals surface area contributed by atoms with E-state index in [0.29, 0.717) is 0 Å². The first kappa shape index (κ1) is 17.3. The zero-order chi connectivity index (χ0) is 18.0. The van der Waals surface area contributed by atoms with Crippen molar-refractivity contribution in [2.24, 2.45) is 5.92 Å². The molecule has 1 aliphatic heterocycles. The fraction of sp³-hybridized carbons (Fsp3) is 0.333. The number of nitrogens with one attached hydrogen (secondary N) is 2. The van der Waals surface area contributed by atoms with E-state index in [2.05, 4.69) is 17.2 Å². The van der Waals surface area contributed by atoms with Gasteiger partial charge in [-0.15, -0.1) is 0 Å². The number of amides is 2. The van der Waals surface area contributed by atoms with Gasteiger partial charge in [0, 0.05) is 11.8 Å². The summed E-state index contributed by atoms with van der Waals surface area (Å²) < 4.78 is 5.17. The molecule has 128 valence electrons. The number of hydrogen-bond donors (Lipinski definition) is 3. The van der Waals surface area contributed by atoms with Crippen LogP contribution in [-0.4, -0.2) is 28.1 Å². The molecule has 0 saturated carbocycles. The Balaban J connectivity index is 2.44. The fourth-order valence-corrected chi connectivity index (χ4v) is 2.43. The molecule has 9 heteroatoms. The van der Waals surface area contributed by atoms with Crippen LogP contribution >= 0.6 is 0 Å². The predicted molar refractivity (Wildman–Crippen MR) is 83.0 cm³/mol. The van der Waals surface area contributed by atoms with Crippen LogP contribution in [-0.2, 0) is 9.53 Å². The van der Waals surface area contributed by atoms with Gasteiger partial charge < -0.3 is 20.5 Å². The van der Waals surface area contributed by atoms with Crippen LogP contribution in [0.25, 0.3) is 0 Å². The van der Waals surface area contributed by atoms with Gasteiger partial charge in [0.25, 0.3) is 0 Å². The Morgan fingerprint density at radius 3 is 2.71 bits per heavy atom. The second-order valence-electron chi connectivity index (χ2n) is 5.57. The summed E-state index contributed by atoms with van der Waals surface area (Å²) in [4.78, 5) is 34.3. The second kappa shape index (κ2) is 6.57. The molecular weight excluding hydrogens is 318 g/mol. The smallest absolute Gasteiger partial charge is 0.319 e. The summed E-state index contributed by atoms with van der Waals surface area (Å²) in [6.45, 7) is 7.02. The van der Waals surface area contributed by atoms with E-state index in [-0.39, 0.29) is 17.4 Å². The van der Waals surface area contributed by atoms with E-state index in [4.69, 9.17) is 4.74 Å². The van der Waals surface area contributed by atoms with Crippen molar-refractivity contribution in [3.8, 4) is 5.75 Å². The molecule has 1 aliphatic rings. The summed E-state index contributed by atoms with van der Waals surface area (Å²) in [6, 6.07) is 2.14. The van der Waals surface area contributed by atoms with E-state index in [0.717, 1.165) is 12.1 Å². The minimum atomic E-state index is -0.964. The molecule has 2 unspecified atom stereocenters. The Kier molecular flexibility index (Phi) is 4.72. The third-order valence-corrected chi connectivity index (χ3v) is 3.43. The van der Waals surface area contributed by atoms with Crippen LogP contribution in [0.1, 0.15) is 25.5 Å². The van der Waals surface area contributed by atoms with Crippen LogP contribution in [0, 0.1) is 16.0 Å². The quantitative estimate of drug-likeness (QED) is 0.436. The number of urea groups is 1. The van der Waals surface area contributed by atoms with Crippen molar-refractivity contribution in [2.75, 3.05) is 0 Å². The van der Waals surface area contributed by atoms with Gasteiger partial charge in [-0.3, -0.25) is 14.9 Å². The van der Waals surface area contributed by atoms with Gasteiger partial charge in [-0.1, -0.05) is 12.6 Å². The third-order valence-electron chi connectivity index (χ3n) is 3.43. The molecule has 0 aromatic heterocycles. The molecule has 1 aromatic carbocycles. The Labute approximate surface area is 137 Å². The number of aromatic hydroxyl groups is 1. The lowest BCUT2D eigenvalue weighted by Gasteiger charge is -2.33. The number of phenols is 1. The van der Waals surface area contributed by atoms with E-state index in [1.807, 2.05) is 0 Å². The lowest BCUT2D eigenvalue weighted by atomic mass is 9.88. The highest BCUT2D eigenvalue weighted by Gasteiger charge is 2.39. The Hall–Kier alpha value is -3.10. The summed E-state index contributed by atoms with van der Waals surface area (Å²) in [5.41, 5.74) is -0.117. The monoisotopic (exact) mass is 335 g/mol. The van der Waals surface area contributed by atoms with Crippen LogP contribution in [0.5, 0.6) is 5.75 Å². The summed E-state index contributed by atoms with van der Waals surface area (Å²) in [5, 5.41) is 25.5. The van der Waals surface area contributed by atoms with Crippen LogP contribution in [0.4, 0.5) is 10.5 Å².